The predicted molar refractivity (Wildman–Crippen MR) is 68.0 cm³/mol. The van der Waals surface area contributed by atoms with Crippen molar-refractivity contribution >= 4 is 11.5 Å². The number of non-ortho nitro benzene ring substituents is 1. The third kappa shape index (κ3) is 1.89. The molecule has 3 rings (SSSR count). The zero-order valence-electron chi connectivity index (χ0n) is 10.5. The van der Waals surface area contributed by atoms with Crippen molar-refractivity contribution in [1.82, 2.24) is 0 Å². The number of nitro benzene ring substituents is 1. The van der Waals surface area contributed by atoms with Gasteiger partial charge in [0.05, 0.1) is 10.3 Å². The zero-order valence-corrected chi connectivity index (χ0v) is 10.5. The Balaban J connectivity index is 1.72. The molecule has 2 saturated carbocycles. The van der Waals surface area contributed by atoms with Crippen LogP contribution in [0.2, 0.25) is 0 Å². The van der Waals surface area contributed by atoms with Crippen LogP contribution in [0.4, 0.5) is 5.69 Å². The number of benzene rings is 1. The lowest BCUT2D eigenvalue weighted by Gasteiger charge is -2.44. The maximum Gasteiger partial charge on any atom is 0.269 e. The average molecular weight is 261 g/mol. The molecule has 1 atom stereocenters. The summed E-state index contributed by atoms with van der Waals surface area (Å²) < 4.78 is 5.85. The molecule has 5 heteroatoms. The van der Waals surface area contributed by atoms with E-state index >= 15 is 0 Å². The van der Waals surface area contributed by atoms with Crippen LogP contribution in [0, 0.1) is 15.5 Å². The molecule has 1 aromatic rings. The van der Waals surface area contributed by atoms with E-state index in [1.165, 1.54) is 12.1 Å². The first-order valence-electron chi connectivity index (χ1n) is 6.56. The maximum absolute atomic E-state index is 11.8. The van der Waals surface area contributed by atoms with Crippen LogP contribution in [-0.2, 0) is 4.79 Å². The molecule has 1 unspecified atom stereocenters. The van der Waals surface area contributed by atoms with E-state index in [1.807, 2.05) is 0 Å². The number of hydrogen-bond acceptors (Lipinski definition) is 4. The lowest BCUT2D eigenvalue weighted by molar-refractivity contribution is -0.384. The normalized spacial score (nSPS) is 24.2. The van der Waals surface area contributed by atoms with Gasteiger partial charge in [0.15, 0.2) is 0 Å². The number of nitro groups is 1. The van der Waals surface area contributed by atoms with E-state index in [4.69, 9.17) is 4.74 Å². The summed E-state index contributed by atoms with van der Waals surface area (Å²) in [6.45, 7) is 0. The number of Topliss-reactive ketones (excluding diaryl/α,β-unsaturated/α-hetero) is 1. The predicted octanol–water partition coefficient (Wildman–Crippen LogP) is 2.88. The van der Waals surface area contributed by atoms with Gasteiger partial charge < -0.3 is 4.74 Å². The van der Waals surface area contributed by atoms with Crippen molar-refractivity contribution in [3.8, 4) is 5.75 Å². The number of rotatable bonds is 3. The van der Waals surface area contributed by atoms with Crippen molar-refractivity contribution in [3.63, 3.8) is 0 Å². The fraction of sp³-hybridized carbons (Fsp3) is 0.500. The number of carbonyl (C=O) groups excluding carboxylic acids is 1. The Morgan fingerprint density at radius 2 is 1.84 bits per heavy atom. The third-order valence-electron chi connectivity index (χ3n) is 4.36. The summed E-state index contributed by atoms with van der Waals surface area (Å²) in [4.78, 5) is 22.0. The van der Waals surface area contributed by atoms with Crippen LogP contribution in [0.5, 0.6) is 5.75 Å². The van der Waals surface area contributed by atoms with E-state index in [0.29, 0.717) is 18.0 Å². The van der Waals surface area contributed by atoms with Gasteiger partial charge in [0.2, 0.25) is 0 Å². The van der Waals surface area contributed by atoms with Crippen LogP contribution in [-0.4, -0.2) is 16.8 Å². The molecule has 0 radical (unpaired) electrons. The number of ketones is 1. The number of ether oxygens (including phenoxy) is 1. The first kappa shape index (κ1) is 12.1. The fourth-order valence-electron chi connectivity index (χ4n) is 3.19. The van der Waals surface area contributed by atoms with Gasteiger partial charge in [-0.1, -0.05) is 12.8 Å². The summed E-state index contributed by atoms with van der Waals surface area (Å²) in [5, 5.41) is 10.6. The first-order chi connectivity index (χ1) is 9.12. The average Bonchev–Trinajstić information content (AvgIpc) is 2.91. The number of hydrogen-bond donors (Lipinski definition) is 0. The van der Waals surface area contributed by atoms with Gasteiger partial charge in [-0.05, 0) is 25.0 Å². The molecule has 2 aliphatic rings. The van der Waals surface area contributed by atoms with Crippen molar-refractivity contribution in [2.45, 2.75) is 38.2 Å². The van der Waals surface area contributed by atoms with Gasteiger partial charge in [0.1, 0.15) is 17.6 Å². The topological polar surface area (TPSA) is 69.4 Å². The van der Waals surface area contributed by atoms with Crippen LogP contribution in [0.1, 0.15) is 32.1 Å². The van der Waals surface area contributed by atoms with E-state index < -0.39 is 4.92 Å². The highest BCUT2D eigenvalue weighted by Gasteiger charge is 2.57. The van der Waals surface area contributed by atoms with Gasteiger partial charge in [-0.15, -0.1) is 0 Å². The molecule has 0 heterocycles. The van der Waals surface area contributed by atoms with Crippen LogP contribution in [0.15, 0.2) is 24.3 Å². The SMILES string of the molecule is O=C1CC(Oc2ccc([N+](=O)[O-])cc2)C12CCCC2. The molecule has 0 aromatic heterocycles. The maximum atomic E-state index is 11.8. The highest BCUT2D eigenvalue weighted by Crippen LogP contribution is 2.51. The van der Waals surface area contributed by atoms with E-state index in [-0.39, 0.29) is 17.2 Å². The summed E-state index contributed by atoms with van der Waals surface area (Å²) in [5.41, 5.74) is -0.213. The molecule has 1 aromatic carbocycles. The summed E-state index contributed by atoms with van der Waals surface area (Å²) in [5.74, 6) is 0.922. The third-order valence-corrected chi connectivity index (χ3v) is 4.36. The van der Waals surface area contributed by atoms with Crippen molar-refractivity contribution in [1.29, 1.82) is 0 Å². The highest BCUT2D eigenvalue weighted by atomic mass is 16.6. The molecule has 2 aliphatic carbocycles. The molecule has 0 bridgehead atoms. The quantitative estimate of drug-likeness (QED) is 0.619. The fourth-order valence-corrected chi connectivity index (χ4v) is 3.19. The van der Waals surface area contributed by atoms with Gasteiger partial charge in [0, 0.05) is 18.6 Å². The molecule has 19 heavy (non-hydrogen) atoms. The van der Waals surface area contributed by atoms with E-state index in [2.05, 4.69) is 0 Å². The Morgan fingerprint density at radius 1 is 1.21 bits per heavy atom. The molecule has 100 valence electrons. The molecule has 1 spiro atoms. The van der Waals surface area contributed by atoms with E-state index in [0.717, 1.165) is 25.7 Å². The van der Waals surface area contributed by atoms with E-state index in [1.54, 1.807) is 12.1 Å². The van der Waals surface area contributed by atoms with Crippen molar-refractivity contribution in [2.24, 2.45) is 5.41 Å². The summed E-state index contributed by atoms with van der Waals surface area (Å²) in [7, 11) is 0. The smallest absolute Gasteiger partial charge is 0.269 e. The first-order valence-corrected chi connectivity index (χ1v) is 6.56. The second-order valence-corrected chi connectivity index (χ2v) is 5.35. The largest absolute Gasteiger partial charge is 0.489 e. The number of carbonyl (C=O) groups is 1. The Kier molecular flexibility index (Phi) is 2.77. The van der Waals surface area contributed by atoms with Gasteiger partial charge in [-0.3, -0.25) is 14.9 Å². The second-order valence-electron chi connectivity index (χ2n) is 5.35. The minimum Gasteiger partial charge on any atom is -0.489 e. The second kappa shape index (κ2) is 4.33. The Labute approximate surface area is 110 Å². The summed E-state index contributed by atoms with van der Waals surface area (Å²) in [6.07, 6.45) is 4.44. The Hall–Kier alpha value is -1.91. The molecular weight excluding hydrogens is 246 g/mol. The molecule has 5 nitrogen and oxygen atoms in total. The van der Waals surface area contributed by atoms with Crippen LogP contribution in [0.25, 0.3) is 0 Å². The molecule has 0 N–H and O–H groups in total. The monoisotopic (exact) mass is 261 g/mol. The molecular formula is C14H15NO4. The molecule has 0 saturated heterocycles. The van der Waals surface area contributed by atoms with Gasteiger partial charge in [0.25, 0.3) is 5.69 Å². The van der Waals surface area contributed by atoms with Gasteiger partial charge in [-0.2, -0.15) is 0 Å². The van der Waals surface area contributed by atoms with Crippen LogP contribution >= 0.6 is 0 Å². The lowest BCUT2D eigenvalue weighted by Crippen LogP contribution is -2.55. The minimum absolute atomic E-state index is 0.0487. The van der Waals surface area contributed by atoms with Gasteiger partial charge >= 0.3 is 0 Å². The molecule has 0 amide bonds. The Bertz CT molecular complexity index is 517. The standard InChI is InChI=1S/C14H15NO4/c16-12-9-13(14(12)7-1-2-8-14)19-11-5-3-10(4-6-11)15(17)18/h3-6,13H,1-2,7-9H2. The zero-order chi connectivity index (χ0) is 13.5. The summed E-state index contributed by atoms with van der Waals surface area (Å²) in [6, 6.07) is 6.06. The number of nitrogens with zero attached hydrogens (tertiary/aromatic N) is 1. The van der Waals surface area contributed by atoms with Crippen molar-refractivity contribution in [3.05, 3.63) is 34.4 Å². The van der Waals surface area contributed by atoms with Crippen LogP contribution in [0.3, 0.4) is 0 Å². The van der Waals surface area contributed by atoms with Crippen molar-refractivity contribution in [2.75, 3.05) is 0 Å². The van der Waals surface area contributed by atoms with Gasteiger partial charge in [-0.25, -0.2) is 0 Å². The minimum atomic E-state index is -0.435. The van der Waals surface area contributed by atoms with E-state index in [9.17, 15) is 14.9 Å². The van der Waals surface area contributed by atoms with Crippen molar-refractivity contribution < 1.29 is 14.5 Å². The lowest BCUT2D eigenvalue weighted by atomic mass is 9.63. The molecule has 2 fully saturated rings. The molecule has 0 aliphatic heterocycles. The van der Waals surface area contributed by atoms with Crippen LogP contribution < -0.4 is 4.74 Å². The highest BCUT2D eigenvalue weighted by molar-refractivity contribution is 5.92. The Morgan fingerprint density at radius 3 is 2.37 bits per heavy atom. The summed E-state index contributed by atoms with van der Waals surface area (Å²) >= 11 is 0.